The molecule has 1 saturated heterocycles. The molecule has 0 spiro atoms. The Morgan fingerprint density at radius 3 is 2.42 bits per heavy atom. The summed E-state index contributed by atoms with van der Waals surface area (Å²) in [7, 11) is 0. The molecule has 5 nitrogen and oxygen atoms in total. The molecule has 1 aliphatic heterocycles. The van der Waals surface area contributed by atoms with E-state index < -0.39 is 29.6 Å². The van der Waals surface area contributed by atoms with Crippen LogP contribution in [0.3, 0.4) is 0 Å². The van der Waals surface area contributed by atoms with E-state index in [1.54, 1.807) is 0 Å². The normalized spacial score (nSPS) is 19.6. The second-order valence-corrected chi connectivity index (χ2v) is 4.27. The summed E-state index contributed by atoms with van der Waals surface area (Å²) in [5, 5.41) is 2.14. The Balaban J connectivity index is 2.33. The molecule has 1 aliphatic rings. The van der Waals surface area contributed by atoms with E-state index >= 15 is 0 Å². The predicted molar refractivity (Wildman–Crippen MR) is 64.7 cm³/mol. The lowest BCUT2D eigenvalue weighted by molar-refractivity contribution is -0.138. The number of imide groups is 2. The van der Waals surface area contributed by atoms with E-state index in [-0.39, 0.29) is 6.54 Å². The van der Waals surface area contributed by atoms with Crippen molar-refractivity contribution in [3.05, 3.63) is 35.6 Å². The highest BCUT2D eigenvalue weighted by Gasteiger charge is 2.40. The summed E-state index contributed by atoms with van der Waals surface area (Å²) in [6, 6.07) is 4.40. The minimum Gasteiger partial charge on any atom is -0.277 e. The van der Waals surface area contributed by atoms with Gasteiger partial charge in [-0.25, -0.2) is 9.18 Å². The predicted octanol–water partition coefficient (Wildman–Crippen LogP) is 1.40. The fourth-order valence-corrected chi connectivity index (χ4v) is 2.00. The van der Waals surface area contributed by atoms with Crippen molar-refractivity contribution in [1.29, 1.82) is 0 Å². The average Bonchev–Trinajstić information content (AvgIpc) is 2.36. The SMILES string of the molecule is CCCN1C(=O)NC(=O)C(c2ccc(F)cc2)C1=O. The van der Waals surface area contributed by atoms with Gasteiger partial charge in [0.25, 0.3) is 0 Å². The van der Waals surface area contributed by atoms with Gasteiger partial charge in [0.2, 0.25) is 11.8 Å². The standard InChI is InChI=1S/C13H13FN2O3/c1-2-7-16-12(18)10(11(17)15-13(16)19)8-3-5-9(14)6-4-8/h3-6,10H,2,7H2,1H3,(H,15,17,19). The van der Waals surface area contributed by atoms with Gasteiger partial charge in [-0.15, -0.1) is 0 Å². The van der Waals surface area contributed by atoms with Crippen molar-refractivity contribution in [2.75, 3.05) is 6.54 Å². The number of hydrogen-bond acceptors (Lipinski definition) is 3. The van der Waals surface area contributed by atoms with Crippen LogP contribution in [0.4, 0.5) is 9.18 Å². The first-order chi connectivity index (χ1) is 9.04. The zero-order valence-electron chi connectivity index (χ0n) is 10.4. The molecule has 1 atom stereocenters. The molecule has 1 N–H and O–H groups in total. The molecule has 6 heteroatoms. The number of hydrogen-bond donors (Lipinski definition) is 1. The maximum Gasteiger partial charge on any atom is 0.330 e. The molecule has 100 valence electrons. The Morgan fingerprint density at radius 1 is 1.21 bits per heavy atom. The van der Waals surface area contributed by atoms with Gasteiger partial charge in [0.05, 0.1) is 0 Å². The van der Waals surface area contributed by atoms with Crippen LogP contribution in [0.2, 0.25) is 0 Å². The number of amides is 4. The van der Waals surface area contributed by atoms with Gasteiger partial charge in [-0.1, -0.05) is 19.1 Å². The second kappa shape index (κ2) is 5.17. The number of barbiturate groups is 1. The molecule has 0 aliphatic carbocycles. The molecule has 0 saturated carbocycles. The number of benzene rings is 1. The van der Waals surface area contributed by atoms with Crippen LogP contribution in [0.1, 0.15) is 24.8 Å². The summed E-state index contributed by atoms with van der Waals surface area (Å²) in [5.74, 6) is -2.78. The molecule has 4 amide bonds. The van der Waals surface area contributed by atoms with Gasteiger partial charge >= 0.3 is 6.03 Å². The molecular formula is C13H13FN2O3. The lowest BCUT2D eigenvalue weighted by Crippen LogP contribution is -2.56. The van der Waals surface area contributed by atoms with Crippen LogP contribution >= 0.6 is 0 Å². The number of carbonyl (C=O) groups is 3. The molecule has 1 aromatic carbocycles. The number of halogens is 1. The van der Waals surface area contributed by atoms with E-state index in [4.69, 9.17) is 0 Å². The molecular weight excluding hydrogens is 251 g/mol. The van der Waals surface area contributed by atoms with E-state index in [2.05, 4.69) is 5.32 Å². The largest absolute Gasteiger partial charge is 0.330 e. The Kier molecular flexibility index (Phi) is 3.59. The minimum absolute atomic E-state index is 0.246. The number of rotatable bonds is 3. The van der Waals surface area contributed by atoms with Crippen molar-refractivity contribution in [2.45, 2.75) is 19.3 Å². The van der Waals surface area contributed by atoms with Gasteiger partial charge in [-0.3, -0.25) is 19.8 Å². The lowest BCUT2D eigenvalue weighted by Gasteiger charge is -2.30. The molecule has 1 aromatic rings. The minimum atomic E-state index is -1.09. The Hall–Kier alpha value is -2.24. The third kappa shape index (κ3) is 2.47. The maximum absolute atomic E-state index is 12.9. The molecule has 19 heavy (non-hydrogen) atoms. The maximum atomic E-state index is 12.9. The second-order valence-electron chi connectivity index (χ2n) is 4.27. The smallest absolute Gasteiger partial charge is 0.277 e. The van der Waals surface area contributed by atoms with E-state index in [9.17, 15) is 18.8 Å². The van der Waals surface area contributed by atoms with Gasteiger partial charge in [-0.2, -0.15) is 0 Å². The van der Waals surface area contributed by atoms with Crippen LogP contribution in [0.15, 0.2) is 24.3 Å². The number of urea groups is 1. The van der Waals surface area contributed by atoms with Crippen molar-refractivity contribution in [3.8, 4) is 0 Å². The molecule has 2 rings (SSSR count). The third-order valence-electron chi connectivity index (χ3n) is 2.90. The summed E-state index contributed by atoms with van der Waals surface area (Å²) >= 11 is 0. The van der Waals surface area contributed by atoms with Gasteiger partial charge in [0.15, 0.2) is 0 Å². The van der Waals surface area contributed by atoms with E-state index in [0.717, 1.165) is 4.90 Å². The van der Waals surface area contributed by atoms with Gasteiger partial charge in [0.1, 0.15) is 11.7 Å². The van der Waals surface area contributed by atoms with Crippen LogP contribution in [0, 0.1) is 5.82 Å². The zero-order valence-corrected chi connectivity index (χ0v) is 10.4. The summed E-state index contributed by atoms with van der Waals surface area (Å²) in [4.78, 5) is 36.5. The monoisotopic (exact) mass is 264 g/mol. The number of carbonyl (C=O) groups excluding carboxylic acids is 3. The van der Waals surface area contributed by atoms with Crippen molar-refractivity contribution in [2.24, 2.45) is 0 Å². The van der Waals surface area contributed by atoms with Crippen molar-refractivity contribution >= 4 is 17.8 Å². The summed E-state index contributed by atoms with van der Waals surface area (Å²) in [5.41, 5.74) is 0.373. The molecule has 1 fully saturated rings. The highest BCUT2D eigenvalue weighted by molar-refractivity contribution is 6.19. The first kappa shape index (κ1) is 13.2. The van der Waals surface area contributed by atoms with E-state index in [1.165, 1.54) is 24.3 Å². The van der Waals surface area contributed by atoms with E-state index in [0.29, 0.717) is 12.0 Å². The third-order valence-corrected chi connectivity index (χ3v) is 2.90. The van der Waals surface area contributed by atoms with Crippen LogP contribution < -0.4 is 5.32 Å². The Morgan fingerprint density at radius 2 is 1.84 bits per heavy atom. The van der Waals surface area contributed by atoms with Crippen molar-refractivity contribution in [1.82, 2.24) is 10.2 Å². The Bertz CT molecular complexity index is 527. The van der Waals surface area contributed by atoms with Crippen molar-refractivity contribution in [3.63, 3.8) is 0 Å². The van der Waals surface area contributed by atoms with Crippen LogP contribution in [-0.4, -0.2) is 29.3 Å². The first-order valence-corrected chi connectivity index (χ1v) is 5.96. The lowest BCUT2D eigenvalue weighted by atomic mass is 9.95. The highest BCUT2D eigenvalue weighted by atomic mass is 19.1. The fourth-order valence-electron chi connectivity index (χ4n) is 2.00. The highest BCUT2D eigenvalue weighted by Crippen LogP contribution is 2.23. The summed E-state index contributed by atoms with van der Waals surface area (Å²) in [6.07, 6.45) is 0.601. The zero-order chi connectivity index (χ0) is 14.0. The molecule has 0 bridgehead atoms. The van der Waals surface area contributed by atoms with Gasteiger partial charge in [0, 0.05) is 6.54 Å². The first-order valence-electron chi connectivity index (χ1n) is 5.96. The molecule has 1 heterocycles. The van der Waals surface area contributed by atoms with Crippen LogP contribution in [0.25, 0.3) is 0 Å². The number of nitrogens with zero attached hydrogens (tertiary/aromatic N) is 1. The molecule has 0 radical (unpaired) electrons. The van der Waals surface area contributed by atoms with Gasteiger partial charge in [-0.05, 0) is 24.1 Å². The topological polar surface area (TPSA) is 66.5 Å². The quantitative estimate of drug-likeness (QED) is 0.839. The van der Waals surface area contributed by atoms with Crippen LogP contribution in [0.5, 0.6) is 0 Å². The number of nitrogens with one attached hydrogen (secondary N) is 1. The summed E-state index contributed by atoms with van der Waals surface area (Å²) in [6.45, 7) is 2.07. The molecule has 1 unspecified atom stereocenters. The van der Waals surface area contributed by atoms with Crippen LogP contribution in [-0.2, 0) is 9.59 Å². The van der Waals surface area contributed by atoms with Crippen molar-refractivity contribution < 1.29 is 18.8 Å². The van der Waals surface area contributed by atoms with E-state index in [1.807, 2.05) is 6.92 Å². The molecule has 0 aromatic heterocycles. The summed E-state index contributed by atoms with van der Waals surface area (Å²) < 4.78 is 12.9. The fraction of sp³-hybridized carbons (Fsp3) is 0.308. The Labute approximate surface area is 109 Å². The van der Waals surface area contributed by atoms with Gasteiger partial charge < -0.3 is 0 Å². The average molecular weight is 264 g/mol.